The van der Waals surface area contributed by atoms with Gasteiger partial charge in [-0.25, -0.2) is 0 Å². The third-order valence-corrected chi connectivity index (χ3v) is 11.5. The summed E-state index contributed by atoms with van der Waals surface area (Å²) in [5.41, 5.74) is 28.0. The van der Waals surface area contributed by atoms with Crippen LogP contribution in [0.5, 0.6) is 0 Å². The Morgan fingerprint density at radius 1 is 0.569 bits per heavy atom. The Bertz CT molecular complexity index is 1790. The highest BCUT2D eigenvalue weighted by Gasteiger charge is 2.26. The molecule has 0 aliphatic heterocycles. The van der Waals surface area contributed by atoms with Crippen LogP contribution in [0.2, 0.25) is 0 Å². The van der Waals surface area contributed by atoms with Crippen molar-refractivity contribution in [3.63, 3.8) is 0 Å². The van der Waals surface area contributed by atoms with Crippen LogP contribution in [0.3, 0.4) is 0 Å². The number of thioether (sulfide) groups is 2. The number of hydrogen-bond donors (Lipinski definition) is 8. The summed E-state index contributed by atoms with van der Waals surface area (Å²) >= 11 is 2.85. The Kier molecular flexibility index (Phi) is 17.9. The standard InChI is InChI=1S/C44H66N8O4S2/c1-25(2)18-31(47)41(55)51-35-23-29(43(5,6)7)21-33(37(35)57-16-14-45)49-39(53)27-12-11-13-28(20-27)40(54)50-34-22-30(44(8,9)10)24-36(38(34)58-17-15-46)52-42(56)32(48)19-26(3)4/h11-13,20-26,31-32H,14-19,45-48H2,1-10H3,(H,49,53)(H,50,54)(H,51,55)(H,52,56)/t31-,32-/m1/s1. The van der Waals surface area contributed by atoms with Crippen LogP contribution >= 0.6 is 23.5 Å². The molecule has 3 aromatic rings. The Labute approximate surface area is 353 Å². The van der Waals surface area contributed by atoms with Crippen LogP contribution < -0.4 is 44.2 Å². The molecule has 0 unspecified atom stereocenters. The molecule has 12 N–H and O–H groups in total. The fourth-order valence-corrected chi connectivity index (χ4v) is 7.71. The third-order valence-electron chi connectivity index (χ3n) is 9.16. The van der Waals surface area contributed by atoms with Crippen molar-refractivity contribution in [2.75, 3.05) is 45.9 Å². The van der Waals surface area contributed by atoms with Crippen LogP contribution in [0, 0.1) is 11.8 Å². The molecule has 14 heteroatoms. The normalized spacial score (nSPS) is 13.0. The van der Waals surface area contributed by atoms with E-state index < -0.39 is 23.9 Å². The van der Waals surface area contributed by atoms with E-state index in [9.17, 15) is 19.2 Å². The Morgan fingerprint density at radius 3 is 1.19 bits per heavy atom. The predicted octanol–water partition coefficient (Wildman–Crippen LogP) is 7.51. The number of nitrogens with one attached hydrogen (secondary N) is 4. The third kappa shape index (κ3) is 14.1. The number of rotatable bonds is 18. The second-order valence-corrected chi connectivity index (χ2v) is 19.7. The first-order chi connectivity index (χ1) is 27.0. The Hall–Kier alpha value is -3.92. The summed E-state index contributed by atoms with van der Waals surface area (Å²) in [7, 11) is 0. The molecule has 3 rings (SSSR count). The van der Waals surface area contributed by atoms with E-state index in [4.69, 9.17) is 22.9 Å². The van der Waals surface area contributed by atoms with E-state index in [-0.39, 0.29) is 45.6 Å². The van der Waals surface area contributed by atoms with Gasteiger partial charge in [0.2, 0.25) is 11.8 Å². The van der Waals surface area contributed by atoms with E-state index in [2.05, 4.69) is 62.8 Å². The zero-order chi connectivity index (χ0) is 43.5. The van der Waals surface area contributed by atoms with Crippen LogP contribution in [0.15, 0.2) is 58.3 Å². The molecular weight excluding hydrogens is 769 g/mol. The van der Waals surface area contributed by atoms with Gasteiger partial charge in [-0.3, -0.25) is 19.2 Å². The first-order valence-corrected chi connectivity index (χ1v) is 21.9. The minimum absolute atomic E-state index is 0.232. The number of nitrogens with two attached hydrogens (primary N) is 4. The van der Waals surface area contributed by atoms with E-state index in [1.165, 1.54) is 29.6 Å². The number of amides is 4. The SMILES string of the molecule is CC(C)C[C@@H](N)C(=O)Nc1cc(C(C)(C)C)cc(NC(=O)c2cccc(C(=O)Nc3cc(C(C)(C)C)cc(NC(=O)[C@H](N)CC(C)C)c3SCCN)c2)c1SCCN. The molecule has 0 heterocycles. The maximum atomic E-state index is 14.0. The van der Waals surface area contributed by atoms with Crippen LogP contribution in [0.1, 0.15) is 114 Å². The lowest BCUT2D eigenvalue weighted by Gasteiger charge is -2.25. The monoisotopic (exact) mass is 834 g/mol. The summed E-state index contributed by atoms with van der Waals surface area (Å²) in [5, 5.41) is 12.2. The summed E-state index contributed by atoms with van der Waals surface area (Å²) in [4.78, 5) is 55.9. The fraction of sp³-hybridized carbons (Fsp3) is 0.500. The van der Waals surface area contributed by atoms with Gasteiger partial charge in [-0.05, 0) is 89.1 Å². The molecule has 0 spiro atoms. The smallest absolute Gasteiger partial charge is 0.255 e. The summed E-state index contributed by atoms with van der Waals surface area (Å²) in [6.07, 6.45) is 1.04. The van der Waals surface area contributed by atoms with Crippen molar-refractivity contribution in [2.24, 2.45) is 34.8 Å². The van der Waals surface area contributed by atoms with Crippen molar-refractivity contribution < 1.29 is 19.2 Å². The van der Waals surface area contributed by atoms with Crippen LogP contribution in [0.4, 0.5) is 22.7 Å². The Balaban J connectivity index is 2.04. The van der Waals surface area contributed by atoms with Gasteiger partial charge >= 0.3 is 0 Å². The zero-order valence-electron chi connectivity index (χ0n) is 35.9. The minimum atomic E-state index is -0.706. The molecule has 0 aliphatic rings. The number of carbonyl (C=O) groups excluding carboxylic acids is 4. The average molecular weight is 835 g/mol. The highest BCUT2D eigenvalue weighted by molar-refractivity contribution is 7.99. The lowest BCUT2D eigenvalue weighted by molar-refractivity contribution is -0.118. The van der Waals surface area contributed by atoms with Crippen LogP contribution in [-0.4, -0.2) is 60.3 Å². The van der Waals surface area contributed by atoms with E-state index in [1.54, 1.807) is 18.2 Å². The summed E-state index contributed by atoms with van der Waals surface area (Å²) in [6, 6.07) is 12.7. The topological polar surface area (TPSA) is 220 Å². The first kappa shape index (κ1) is 48.4. The molecule has 0 fully saturated rings. The van der Waals surface area contributed by atoms with Gasteiger partial charge in [0.1, 0.15) is 0 Å². The van der Waals surface area contributed by atoms with E-state index in [1.807, 2.05) is 52.0 Å². The molecule has 12 nitrogen and oxygen atoms in total. The van der Waals surface area contributed by atoms with E-state index in [0.29, 0.717) is 70.0 Å². The maximum absolute atomic E-state index is 14.0. The van der Waals surface area contributed by atoms with Crippen LogP contribution in [0.25, 0.3) is 0 Å². The zero-order valence-corrected chi connectivity index (χ0v) is 37.6. The predicted molar refractivity (Wildman–Crippen MR) is 244 cm³/mol. The quantitative estimate of drug-likeness (QED) is 0.0590. The molecule has 0 saturated heterocycles. The number of hydrogen-bond acceptors (Lipinski definition) is 10. The minimum Gasteiger partial charge on any atom is -0.330 e. The van der Waals surface area contributed by atoms with Gasteiger partial charge in [0.15, 0.2) is 0 Å². The van der Waals surface area contributed by atoms with Crippen molar-refractivity contribution in [1.82, 2.24) is 0 Å². The van der Waals surface area contributed by atoms with Crippen molar-refractivity contribution in [3.05, 3.63) is 70.8 Å². The largest absolute Gasteiger partial charge is 0.330 e. The van der Waals surface area contributed by atoms with Gasteiger partial charge in [0.25, 0.3) is 11.8 Å². The van der Waals surface area contributed by atoms with Gasteiger partial charge in [-0.15, -0.1) is 23.5 Å². The van der Waals surface area contributed by atoms with Crippen molar-refractivity contribution >= 4 is 69.9 Å². The van der Waals surface area contributed by atoms with Crippen LogP contribution in [-0.2, 0) is 20.4 Å². The second kappa shape index (κ2) is 21.4. The first-order valence-electron chi connectivity index (χ1n) is 19.9. The van der Waals surface area contributed by atoms with Gasteiger partial charge in [-0.1, -0.05) is 75.3 Å². The second-order valence-electron chi connectivity index (χ2n) is 17.5. The van der Waals surface area contributed by atoms with Gasteiger partial charge < -0.3 is 44.2 Å². The number of carbonyl (C=O) groups is 4. The molecule has 0 saturated carbocycles. The summed E-state index contributed by atoms with van der Waals surface area (Å²) in [6.45, 7) is 21.1. The maximum Gasteiger partial charge on any atom is 0.255 e. The molecule has 318 valence electrons. The molecule has 0 aromatic heterocycles. The lowest BCUT2D eigenvalue weighted by atomic mass is 9.86. The van der Waals surface area contributed by atoms with Gasteiger partial charge in [-0.2, -0.15) is 0 Å². The molecule has 0 bridgehead atoms. The molecule has 4 amide bonds. The van der Waals surface area contributed by atoms with Crippen molar-refractivity contribution in [2.45, 2.75) is 115 Å². The molecule has 0 aliphatic carbocycles. The number of anilines is 4. The van der Waals surface area contributed by atoms with Crippen molar-refractivity contribution in [3.8, 4) is 0 Å². The van der Waals surface area contributed by atoms with Crippen molar-refractivity contribution in [1.29, 1.82) is 0 Å². The highest BCUT2D eigenvalue weighted by atomic mass is 32.2. The molecule has 3 aromatic carbocycles. The molecule has 0 radical (unpaired) electrons. The lowest BCUT2D eigenvalue weighted by Crippen LogP contribution is -2.37. The molecule has 2 atom stereocenters. The Morgan fingerprint density at radius 2 is 0.897 bits per heavy atom. The van der Waals surface area contributed by atoms with Gasteiger partial charge in [0.05, 0.1) is 44.6 Å². The van der Waals surface area contributed by atoms with E-state index >= 15 is 0 Å². The fourth-order valence-electron chi connectivity index (χ4n) is 6.00. The summed E-state index contributed by atoms with van der Waals surface area (Å²) in [5.74, 6) is 0.0185. The molecular formula is C44H66N8O4S2. The highest BCUT2D eigenvalue weighted by Crippen LogP contribution is 2.41. The average Bonchev–Trinajstić information content (AvgIpc) is 3.12. The van der Waals surface area contributed by atoms with E-state index in [0.717, 1.165) is 11.1 Å². The van der Waals surface area contributed by atoms with Gasteiger partial charge in [0, 0.05) is 35.7 Å². The number of benzene rings is 3. The molecule has 58 heavy (non-hydrogen) atoms. The summed E-state index contributed by atoms with van der Waals surface area (Å²) < 4.78 is 0.